The van der Waals surface area contributed by atoms with Gasteiger partial charge in [-0.05, 0) is 42.0 Å². The van der Waals surface area contributed by atoms with E-state index in [9.17, 15) is 9.59 Å². The molecule has 132 valence electrons. The molecular weight excluding hydrogens is 330 g/mol. The molecule has 6 nitrogen and oxygen atoms in total. The highest BCUT2D eigenvalue weighted by molar-refractivity contribution is 6.01. The molecule has 2 amide bonds. The zero-order valence-electron chi connectivity index (χ0n) is 14.3. The average Bonchev–Trinajstić information content (AvgIpc) is 3.21. The smallest absolute Gasteiger partial charge is 0.271 e. The predicted octanol–water partition coefficient (Wildman–Crippen LogP) is 2.70. The number of hydrogen-bond donors (Lipinski definition) is 2. The molecule has 3 aromatic rings. The summed E-state index contributed by atoms with van der Waals surface area (Å²) >= 11 is 0. The largest absolute Gasteiger partial charge is 0.380 e. The summed E-state index contributed by atoms with van der Waals surface area (Å²) in [7, 11) is 1.59. The van der Waals surface area contributed by atoms with Crippen molar-refractivity contribution in [3.05, 3.63) is 89.7 Å². The third-order valence-electron chi connectivity index (χ3n) is 3.82. The summed E-state index contributed by atoms with van der Waals surface area (Å²) in [5.74, 6) is -0.787. The Bertz CT molecular complexity index is 904. The number of amides is 2. The molecule has 2 N–H and O–H groups in total. The molecule has 0 bridgehead atoms. The third kappa shape index (κ3) is 3.99. The SMILES string of the molecule is COCc1cccc(C(=O)NNC(=O)c2ccccc2-n2cccc2)c1. The van der Waals surface area contributed by atoms with E-state index in [4.69, 9.17) is 4.74 Å². The van der Waals surface area contributed by atoms with E-state index in [1.807, 2.05) is 47.3 Å². The minimum atomic E-state index is -0.394. The lowest BCUT2D eigenvalue weighted by molar-refractivity contribution is 0.0846. The van der Waals surface area contributed by atoms with Gasteiger partial charge in [0.25, 0.3) is 11.8 Å². The quantitative estimate of drug-likeness (QED) is 0.696. The summed E-state index contributed by atoms with van der Waals surface area (Å²) in [6, 6.07) is 18.0. The molecule has 0 saturated heterocycles. The zero-order chi connectivity index (χ0) is 18.4. The van der Waals surface area contributed by atoms with E-state index in [1.165, 1.54) is 0 Å². The van der Waals surface area contributed by atoms with E-state index in [2.05, 4.69) is 10.9 Å². The van der Waals surface area contributed by atoms with Crippen LogP contribution in [0.3, 0.4) is 0 Å². The number of rotatable bonds is 5. The normalized spacial score (nSPS) is 10.3. The molecule has 3 rings (SSSR count). The number of para-hydroxylation sites is 1. The molecular formula is C20H19N3O3. The number of nitrogens with one attached hydrogen (secondary N) is 2. The van der Waals surface area contributed by atoms with Gasteiger partial charge in [-0.15, -0.1) is 0 Å². The highest BCUT2D eigenvalue weighted by Gasteiger charge is 2.13. The number of benzene rings is 2. The van der Waals surface area contributed by atoms with E-state index in [1.54, 1.807) is 37.4 Å². The Hall–Kier alpha value is -3.38. The lowest BCUT2D eigenvalue weighted by Gasteiger charge is -2.12. The maximum Gasteiger partial charge on any atom is 0.271 e. The van der Waals surface area contributed by atoms with Crippen LogP contribution in [-0.4, -0.2) is 23.5 Å². The highest BCUT2D eigenvalue weighted by Crippen LogP contribution is 2.14. The van der Waals surface area contributed by atoms with Crippen LogP contribution < -0.4 is 10.9 Å². The first-order valence-electron chi connectivity index (χ1n) is 8.10. The molecule has 0 unspecified atom stereocenters. The molecule has 0 aliphatic rings. The van der Waals surface area contributed by atoms with Crippen LogP contribution in [0.15, 0.2) is 73.1 Å². The van der Waals surface area contributed by atoms with Gasteiger partial charge in [-0.25, -0.2) is 0 Å². The van der Waals surface area contributed by atoms with Crippen molar-refractivity contribution in [2.24, 2.45) is 0 Å². The number of nitrogens with zero attached hydrogens (tertiary/aromatic N) is 1. The van der Waals surface area contributed by atoms with Crippen LogP contribution in [0.2, 0.25) is 0 Å². The summed E-state index contributed by atoms with van der Waals surface area (Å²) in [5.41, 5.74) is 7.42. The Balaban J connectivity index is 1.70. The fourth-order valence-corrected chi connectivity index (χ4v) is 2.61. The van der Waals surface area contributed by atoms with Gasteiger partial charge in [0, 0.05) is 25.1 Å². The minimum Gasteiger partial charge on any atom is -0.380 e. The second-order valence-corrected chi connectivity index (χ2v) is 5.65. The molecule has 0 aliphatic heterocycles. The van der Waals surface area contributed by atoms with Crippen LogP contribution in [-0.2, 0) is 11.3 Å². The van der Waals surface area contributed by atoms with E-state index >= 15 is 0 Å². The van der Waals surface area contributed by atoms with Crippen molar-refractivity contribution in [3.63, 3.8) is 0 Å². The Morgan fingerprint density at radius 1 is 0.923 bits per heavy atom. The van der Waals surface area contributed by atoms with Crippen molar-refractivity contribution in [2.75, 3.05) is 7.11 Å². The molecule has 1 heterocycles. The van der Waals surface area contributed by atoms with Crippen LogP contribution in [0.4, 0.5) is 0 Å². The van der Waals surface area contributed by atoms with E-state index < -0.39 is 11.8 Å². The lowest BCUT2D eigenvalue weighted by atomic mass is 10.1. The summed E-state index contributed by atoms with van der Waals surface area (Å²) < 4.78 is 6.90. The van der Waals surface area contributed by atoms with Crippen molar-refractivity contribution >= 4 is 11.8 Å². The monoisotopic (exact) mass is 349 g/mol. The van der Waals surface area contributed by atoms with E-state index in [-0.39, 0.29) is 0 Å². The Morgan fingerprint density at radius 3 is 2.42 bits per heavy atom. The second kappa shape index (κ2) is 8.13. The first-order valence-corrected chi connectivity index (χ1v) is 8.10. The number of hydrogen-bond acceptors (Lipinski definition) is 3. The Kier molecular flexibility index (Phi) is 5.46. The summed E-state index contributed by atoms with van der Waals surface area (Å²) in [6.45, 7) is 0.414. The predicted molar refractivity (Wildman–Crippen MR) is 97.9 cm³/mol. The van der Waals surface area contributed by atoms with Crippen molar-refractivity contribution < 1.29 is 14.3 Å². The van der Waals surface area contributed by atoms with E-state index in [0.717, 1.165) is 11.3 Å². The van der Waals surface area contributed by atoms with Gasteiger partial charge < -0.3 is 9.30 Å². The van der Waals surface area contributed by atoms with Crippen molar-refractivity contribution in [2.45, 2.75) is 6.61 Å². The molecule has 1 aromatic heterocycles. The molecule has 0 spiro atoms. The van der Waals surface area contributed by atoms with Gasteiger partial charge >= 0.3 is 0 Å². The number of ether oxygens (including phenoxy) is 1. The standard InChI is InChI=1S/C20H19N3O3/c1-26-14-15-7-6-8-16(13-15)19(24)21-22-20(25)17-9-2-3-10-18(17)23-11-4-5-12-23/h2-13H,14H2,1H3,(H,21,24)(H,22,25). The third-order valence-corrected chi connectivity index (χ3v) is 3.82. The van der Waals surface area contributed by atoms with E-state index in [0.29, 0.717) is 17.7 Å². The Morgan fingerprint density at radius 2 is 1.65 bits per heavy atom. The van der Waals surface area contributed by atoms with Crippen LogP contribution in [0.5, 0.6) is 0 Å². The minimum absolute atomic E-state index is 0.393. The summed E-state index contributed by atoms with van der Waals surface area (Å²) in [5, 5.41) is 0. The molecule has 0 fully saturated rings. The number of methoxy groups -OCH3 is 1. The van der Waals surface area contributed by atoms with Gasteiger partial charge in [-0.1, -0.05) is 24.3 Å². The lowest BCUT2D eigenvalue weighted by Crippen LogP contribution is -2.42. The fourth-order valence-electron chi connectivity index (χ4n) is 2.61. The molecule has 6 heteroatoms. The second-order valence-electron chi connectivity index (χ2n) is 5.65. The zero-order valence-corrected chi connectivity index (χ0v) is 14.3. The maximum atomic E-state index is 12.5. The molecule has 2 aromatic carbocycles. The number of hydrazine groups is 1. The highest BCUT2D eigenvalue weighted by atomic mass is 16.5. The molecule has 0 radical (unpaired) electrons. The van der Waals surface area contributed by atoms with Crippen molar-refractivity contribution in [3.8, 4) is 5.69 Å². The van der Waals surface area contributed by atoms with Crippen LogP contribution in [0, 0.1) is 0 Å². The average molecular weight is 349 g/mol. The number of carbonyl (C=O) groups excluding carboxylic acids is 2. The van der Waals surface area contributed by atoms with Crippen molar-refractivity contribution in [1.29, 1.82) is 0 Å². The van der Waals surface area contributed by atoms with Crippen LogP contribution in [0.25, 0.3) is 5.69 Å². The molecule has 0 atom stereocenters. The first kappa shape index (κ1) is 17.4. The maximum absolute atomic E-state index is 12.5. The van der Waals surface area contributed by atoms with Gasteiger partial charge in [0.2, 0.25) is 0 Å². The number of carbonyl (C=O) groups is 2. The van der Waals surface area contributed by atoms with Gasteiger partial charge in [-0.3, -0.25) is 20.4 Å². The molecule has 0 saturated carbocycles. The van der Waals surface area contributed by atoms with Gasteiger partial charge in [0.1, 0.15) is 0 Å². The van der Waals surface area contributed by atoms with Gasteiger partial charge in [0.15, 0.2) is 0 Å². The summed E-state index contributed by atoms with van der Waals surface area (Å²) in [6.07, 6.45) is 3.71. The molecule has 0 aliphatic carbocycles. The van der Waals surface area contributed by atoms with Crippen LogP contribution >= 0.6 is 0 Å². The van der Waals surface area contributed by atoms with Crippen LogP contribution in [0.1, 0.15) is 26.3 Å². The molecule has 26 heavy (non-hydrogen) atoms. The topological polar surface area (TPSA) is 72.4 Å². The summed E-state index contributed by atoms with van der Waals surface area (Å²) in [4.78, 5) is 24.8. The fraction of sp³-hybridized carbons (Fsp3) is 0.100. The van der Waals surface area contributed by atoms with Gasteiger partial charge in [0.05, 0.1) is 17.9 Å². The number of aromatic nitrogens is 1. The van der Waals surface area contributed by atoms with Crippen molar-refractivity contribution in [1.82, 2.24) is 15.4 Å². The Labute approximate surface area is 151 Å². The van der Waals surface area contributed by atoms with Gasteiger partial charge in [-0.2, -0.15) is 0 Å². The first-order chi connectivity index (χ1) is 12.7.